The quantitative estimate of drug-likeness (QED) is 0.693. The number of carbonyl (C=O) groups excluding carboxylic acids is 1. The zero-order chi connectivity index (χ0) is 21.4. The molecule has 0 N–H and O–H groups in total. The number of aryl methyl sites for hydroxylation is 1. The Morgan fingerprint density at radius 1 is 1.03 bits per heavy atom. The predicted octanol–water partition coefficient (Wildman–Crippen LogP) is 4.89. The molecule has 2 atom stereocenters. The van der Waals surface area contributed by atoms with E-state index in [1.165, 1.54) is 29.3 Å². The second-order valence-electron chi connectivity index (χ2n) is 6.68. The van der Waals surface area contributed by atoms with Crippen LogP contribution in [0.15, 0.2) is 47.6 Å². The van der Waals surface area contributed by atoms with Crippen LogP contribution >= 0.6 is 0 Å². The number of hydrazone groups is 1. The average molecular weight is 397 g/mol. The molecule has 5 nitrogen and oxygen atoms in total. The molecule has 0 bridgehead atoms. The predicted molar refractivity (Wildman–Crippen MR) is 118 cm³/mol. The summed E-state index contributed by atoms with van der Waals surface area (Å²) >= 11 is 0. The van der Waals surface area contributed by atoms with Crippen LogP contribution in [0, 0.1) is 5.92 Å². The fourth-order valence-corrected chi connectivity index (χ4v) is 3.96. The van der Waals surface area contributed by atoms with Crippen molar-refractivity contribution in [1.29, 1.82) is 0 Å². The molecular weight excluding hydrogens is 364 g/mol. The molecule has 0 saturated heterocycles. The van der Waals surface area contributed by atoms with E-state index in [0.29, 0.717) is 5.92 Å². The minimum atomic E-state index is 0.283. The molecule has 2 unspecified atom stereocenters. The van der Waals surface area contributed by atoms with Crippen LogP contribution in [0.3, 0.4) is 0 Å². The van der Waals surface area contributed by atoms with Crippen molar-refractivity contribution < 1.29 is 14.3 Å². The third-order valence-electron chi connectivity index (χ3n) is 5.18. The Kier molecular flexibility index (Phi) is 8.25. The number of ether oxygens (including phenoxy) is 2. The van der Waals surface area contributed by atoms with E-state index in [2.05, 4.69) is 36.3 Å². The van der Waals surface area contributed by atoms with E-state index in [9.17, 15) is 0 Å². The van der Waals surface area contributed by atoms with Crippen molar-refractivity contribution >= 4 is 12.0 Å². The molecule has 0 saturated carbocycles. The summed E-state index contributed by atoms with van der Waals surface area (Å²) in [4.78, 5) is 8.81. The van der Waals surface area contributed by atoms with E-state index < -0.39 is 0 Å². The Morgan fingerprint density at radius 2 is 1.62 bits per heavy atom. The maximum atomic E-state index is 8.81. The van der Waals surface area contributed by atoms with E-state index in [4.69, 9.17) is 19.4 Å². The number of benzene rings is 2. The van der Waals surface area contributed by atoms with Crippen LogP contribution in [-0.2, 0) is 11.2 Å². The fraction of sp³-hybridized carbons (Fsp3) is 0.417. The molecule has 1 aliphatic carbocycles. The Morgan fingerprint density at radius 3 is 2.21 bits per heavy atom. The normalized spacial score (nSPS) is 18.7. The molecule has 2 aromatic carbocycles. The molecular formula is C24H32N2O3. The van der Waals surface area contributed by atoms with Gasteiger partial charge in [0, 0.05) is 18.5 Å². The van der Waals surface area contributed by atoms with Gasteiger partial charge in [-0.1, -0.05) is 32.0 Å². The SMILES string of the molecule is CC.CC=O.COc1ccc(C2C3CCc4ccc(OC)cc4C3=NN2C)cc1. The van der Waals surface area contributed by atoms with Gasteiger partial charge in [0.05, 0.1) is 26.0 Å². The maximum absolute atomic E-state index is 8.81. The largest absolute Gasteiger partial charge is 0.497 e. The van der Waals surface area contributed by atoms with Crippen LogP contribution in [0.4, 0.5) is 0 Å². The van der Waals surface area contributed by atoms with Gasteiger partial charge in [-0.05, 0) is 55.2 Å². The average Bonchev–Trinajstić information content (AvgIpc) is 3.11. The summed E-state index contributed by atoms with van der Waals surface area (Å²) in [6.07, 6.45) is 2.96. The molecule has 156 valence electrons. The number of carbonyl (C=O) groups is 1. The van der Waals surface area contributed by atoms with Gasteiger partial charge in [-0.15, -0.1) is 0 Å². The van der Waals surface area contributed by atoms with E-state index in [1.54, 1.807) is 14.2 Å². The first-order valence-electron chi connectivity index (χ1n) is 10.1. The van der Waals surface area contributed by atoms with Gasteiger partial charge in [-0.3, -0.25) is 5.01 Å². The number of methoxy groups -OCH3 is 2. The van der Waals surface area contributed by atoms with Gasteiger partial charge in [-0.2, -0.15) is 5.10 Å². The summed E-state index contributed by atoms with van der Waals surface area (Å²) in [5.41, 5.74) is 5.09. The number of hydrogen-bond acceptors (Lipinski definition) is 5. The Hall–Kier alpha value is -2.82. The number of hydrogen-bond donors (Lipinski definition) is 0. The lowest BCUT2D eigenvalue weighted by Crippen LogP contribution is -2.27. The smallest absolute Gasteiger partial charge is 0.119 e. The van der Waals surface area contributed by atoms with Crippen LogP contribution < -0.4 is 9.47 Å². The van der Waals surface area contributed by atoms with Gasteiger partial charge in [0.15, 0.2) is 0 Å². The monoisotopic (exact) mass is 396 g/mol. The van der Waals surface area contributed by atoms with Gasteiger partial charge >= 0.3 is 0 Å². The first-order valence-corrected chi connectivity index (χ1v) is 10.1. The molecule has 2 aromatic rings. The molecule has 2 aliphatic rings. The van der Waals surface area contributed by atoms with Gasteiger partial charge < -0.3 is 14.3 Å². The topological polar surface area (TPSA) is 51.1 Å². The first kappa shape index (κ1) is 22.5. The lowest BCUT2D eigenvalue weighted by molar-refractivity contribution is -0.106. The van der Waals surface area contributed by atoms with E-state index in [0.717, 1.165) is 30.6 Å². The van der Waals surface area contributed by atoms with Crippen molar-refractivity contribution in [3.63, 3.8) is 0 Å². The van der Waals surface area contributed by atoms with Crippen LogP contribution in [-0.4, -0.2) is 38.3 Å². The lowest BCUT2D eigenvalue weighted by atomic mass is 9.77. The van der Waals surface area contributed by atoms with Crippen molar-refractivity contribution in [2.24, 2.45) is 11.0 Å². The van der Waals surface area contributed by atoms with Gasteiger partial charge in [0.2, 0.25) is 0 Å². The number of aldehydes is 1. The first-order chi connectivity index (χ1) is 14.1. The van der Waals surface area contributed by atoms with Crippen molar-refractivity contribution in [3.8, 4) is 11.5 Å². The Labute approximate surface area is 174 Å². The molecule has 0 amide bonds. The highest BCUT2D eigenvalue weighted by atomic mass is 16.5. The highest BCUT2D eigenvalue weighted by Crippen LogP contribution is 2.43. The molecule has 0 fully saturated rings. The fourth-order valence-electron chi connectivity index (χ4n) is 3.96. The van der Waals surface area contributed by atoms with Crippen molar-refractivity contribution in [2.75, 3.05) is 21.3 Å². The molecule has 4 rings (SSSR count). The summed E-state index contributed by atoms with van der Waals surface area (Å²) in [6, 6.07) is 15.0. The van der Waals surface area contributed by atoms with Crippen LogP contribution in [0.1, 0.15) is 49.9 Å². The lowest BCUT2D eigenvalue weighted by Gasteiger charge is -2.29. The van der Waals surface area contributed by atoms with E-state index in [-0.39, 0.29) is 6.04 Å². The van der Waals surface area contributed by atoms with Crippen LogP contribution in [0.25, 0.3) is 0 Å². The molecule has 0 spiro atoms. The summed E-state index contributed by atoms with van der Waals surface area (Å²) in [7, 11) is 5.48. The zero-order valence-corrected chi connectivity index (χ0v) is 18.3. The number of nitrogens with zero attached hydrogens (tertiary/aromatic N) is 2. The summed E-state index contributed by atoms with van der Waals surface area (Å²) in [5, 5.41) is 7.00. The molecule has 0 aromatic heterocycles. The molecule has 29 heavy (non-hydrogen) atoms. The van der Waals surface area contributed by atoms with Crippen molar-refractivity contribution in [3.05, 3.63) is 59.2 Å². The van der Waals surface area contributed by atoms with E-state index in [1.807, 2.05) is 32.0 Å². The molecule has 1 aliphatic heterocycles. The Balaban J connectivity index is 0.000000551. The second-order valence-corrected chi connectivity index (χ2v) is 6.68. The zero-order valence-electron chi connectivity index (χ0n) is 18.3. The second kappa shape index (κ2) is 10.6. The van der Waals surface area contributed by atoms with Gasteiger partial charge in [0.1, 0.15) is 17.8 Å². The van der Waals surface area contributed by atoms with Gasteiger partial charge in [-0.25, -0.2) is 0 Å². The van der Waals surface area contributed by atoms with Crippen LogP contribution in [0.2, 0.25) is 0 Å². The summed E-state index contributed by atoms with van der Waals surface area (Å²) in [5.74, 6) is 2.20. The van der Waals surface area contributed by atoms with E-state index >= 15 is 0 Å². The minimum absolute atomic E-state index is 0.283. The molecule has 1 heterocycles. The molecule has 5 heteroatoms. The summed E-state index contributed by atoms with van der Waals surface area (Å²) in [6.45, 7) is 5.44. The van der Waals surface area contributed by atoms with Crippen LogP contribution in [0.5, 0.6) is 11.5 Å². The highest BCUT2D eigenvalue weighted by molar-refractivity contribution is 6.06. The third-order valence-corrected chi connectivity index (χ3v) is 5.18. The van der Waals surface area contributed by atoms with Crippen molar-refractivity contribution in [1.82, 2.24) is 5.01 Å². The van der Waals surface area contributed by atoms with Gasteiger partial charge in [0.25, 0.3) is 0 Å². The third kappa shape index (κ3) is 4.78. The standard InChI is InChI=1S/C20H22N2O2.C2H4O.C2H6/c1-22-20(14-5-8-15(23-2)9-6-14)17-11-7-13-4-10-16(24-3)12-18(13)19(17)21-22;1-2-3;1-2/h4-6,8-10,12,17,20H,7,11H2,1-3H3;2H,1H3;1-2H3. The maximum Gasteiger partial charge on any atom is 0.119 e. The highest BCUT2D eigenvalue weighted by Gasteiger charge is 2.40. The Bertz CT molecular complexity index is 831. The molecule has 0 radical (unpaired) electrons. The number of rotatable bonds is 3. The number of fused-ring (bicyclic) bond motifs is 3. The minimum Gasteiger partial charge on any atom is -0.497 e. The summed E-state index contributed by atoms with van der Waals surface area (Å²) < 4.78 is 10.7. The van der Waals surface area contributed by atoms with Crippen molar-refractivity contribution in [2.45, 2.75) is 39.7 Å².